The first-order valence-corrected chi connectivity index (χ1v) is 5.74. The van der Waals surface area contributed by atoms with Gasteiger partial charge in [-0.1, -0.05) is 11.6 Å². The van der Waals surface area contributed by atoms with Gasteiger partial charge in [0.25, 0.3) is 5.91 Å². The van der Waals surface area contributed by atoms with E-state index in [0.717, 1.165) is 5.56 Å². The number of ether oxygens (including phenoxy) is 1. The van der Waals surface area contributed by atoms with Gasteiger partial charge in [-0.2, -0.15) is 0 Å². The largest absolute Gasteiger partial charge is 0.507 e. The minimum absolute atomic E-state index is 0.0612. The Morgan fingerprint density at radius 1 is 1.44 bits per heavy atom. The monoisotopic (exact) mass is 251 g/mol. The fourth-order valence-corrected chi connectivity index (χ4v) is 1.41. The van der Waals surface area contributed by atoms with Crippen LogP contribution >= 0.6 is 0 Å². The van der Waals surface area contributed by atoms with Crippen molar-refractivity contribution in [2.45, 2.75) is 26.9 Å². The van der Waals surface area contributed by atoms with Crippen molar-refractivity contribution in [3.63, 3.8) is 0 Å². The van der Waals surface area contributed by atoms with Gasteiger partial charge >= 0.3 is 5.97 Å². The van der Waals surface area contributed by atoms with Gasteiger partial charge < -0.3 is 15.2 Å². The Balaban J connectivity index is 2.76. The lowest BCUT2D eigenvalue weighted by molar-refractivity contribution is -0.128. The molecule has 5 nitrogen and oxygen atoms in total. The molecule has 1 aromatic carbocycles. The van der Waals surface area contributed by atoms with Crippen molar-refractivity contribution in [2.24, 2.45) is 0 Å². The van der Waals surface area contributed by atoms with Crippen LogP contribution in [-0.4, -0.2) is 29.6 Å². The molecule has 18 heavy (non-hydrogen) atoms. The van der Waals surface area contributed by atoms with Crippen molar-refractivity contribution in [1.82, 2.24) is 5.32 Å². The van der Waals surface area contributed by atoms with Crippen molar-refractivity contribution >= 4 is 11.9 Å². The van der Waals surface area contributed by atoms with Crippen LogP contribution in [0.4, 0.5) is 0 Å². The summed E-state index contributed by atoms with van der Waals surface area (Å²) >= 11 is 0. The SMILES string of the molecule is CCNC(=O)[C@@H](C)OC(=O)c1cc(C)ccc1O. The number of hydrogen-bond donors (Lipinski definition) is 2. The topological polar surface area (TPSA) is 75.6 Å². The molecule has 1 aromatic rings. The third-order valence-electron chi connectivity index (χ3n) is 2.38. The van der Waals surface area contributed by atoms with E-state index in [1.54, 1.807) is 19.9 Å². The van der Waals surface area contributed by atoms with E-state index in [2.05, 4.69) is 5.32 Å². The lowest BCUT2D eigenvalue weighted by Gasteiger charge is -2.13. The number of nitrogens with one attached hydrogen (secondary N) is 1. The molecule has 0 fully saturated rings. The number of phenols is 1. The Hall–Kier alpha value is -2.04. The van der Waals surface area contributed by atoms with E-state index in [1.165, 1.54) is 19.1 Å². The molecule has 0 radical (unpaired) electrons. The minimum Gasteiger partial charge on any atom is -0.507 e. The Morgan fingerprint density at radius 2 is 2.11 bits per heavy atom. The maximum absolute atomic E-state index is 11.8. The number of carbonyl (C=O) groups is 2. The number of esters is 1. The molecule has 1 rings (SSSR count). The smallest absolute Gasteiger partial charge is 0.342 e. The quantitative estimate of drug-likeness (QED) is 0.793. The molecule has 98 valence electrons. The third-order valence-corrected chi connectivity index (χ3v) is 2.38. The first kappa shape index (κ1) is 14.0. The second kappa shape index (κ2) is 6.05. The van der Waals surface area contributed by atoms with Crippen molar-refractivity contribution in [3.8, 4) is 5.75 Å². The van der Waals surface area contributed by atoms with Gasteiger partial charge in [-0.15, -0.1) is 0 Å². The summed E-state index contributed by atoms with van der Waals surface area (Å²) in [5, 5.41) is 12.1. The Labute approximate surface area is 106 Å². The number of aromatic hydroxyl groups is 1. The molecule has 0 bridgehead atoms. The maximum Gasteiger partial charge on any atom is 0.342 e. The molecule has 0 unspecified atom stereocenters. The fourth-order valence-electron chi connectivity index (χ4n) is 1.41. The van der Waals surface area contributed by atoms with Crippen molar-refractivity contribution in [3.05, 3.63) is 29.3 Å². The molecular formula is C13H17NO4. The number of hydrogen-bond acceptors (Lipinski definition) is 4. The first-order valence-electron chi connectivity index (χ1n) is 5.74. The van der Waals surface area contributed by atoms with Crippen molar-refractivity contribution in [1.29, 1.82) is 0 Å². The molecule has 0 heterocycles. The minimum atomic E-state index is -0.891. The van der Waals surface area contributed by atoms with Gasteiger partial charge in [0.05, 0.1) is 0 Å². The van der Waals surface area contributed by atoms with Crippen molar-refractivity contribution in [2.75, 3.05) is 6.54 Å². The molecule has 1 amide bonds. The van der Waals surface area contributed by atoms with Gasteiger partial charge in [0.2, 0.25) is 0 Å². The summed E-state index contributed by atoms with van der Waals surface area (Å²) in [5.74, 6) is -1.23. The Morgan fingerprint density at radius 3 is 2.72 bits per heavy atom. The predicted molar refractivity (Wildman–Crippen MR) is 66.4 cm³/mol. The molecule has 0 aliphatic heterocycles. The molecule has 0 saturated carbocycles. The van der Waals surface area contributed by atoms with Gasteiger partial charge in [-0.25, -0.2) is 4.79 Å². The highest BCUT2D eigenvalue weighted by atomic mass is 16.5. The molecule has 5 heteroatoms. The van der Waals surface area contributed by atoms with Crippen molar-refractivity contribution < 1.29 is 19.4 Å². The average Bonchev–Trinajstić information content (AvgIpc) is 2.32. The van der Waals surface area contributed by atoms with Crippen LogP contribution in [0.2, 0.25) is 0 Å². The highest BCUT2D eigenvalue weighted by Crippen LogP contribution is 2.19. The van der Waals surface area contributed by atoms with Crippen LogP contribution in [0, 0.1) is 6.92 Å². The highest BCUT2D eigenvalue weighted by Gasteiger charge is 2.20. The van der Waals surface area contributed by atoms with Crippen LogP contribution in [0.3, 0.4) is 0 Å². The van der Waals surface area contributed by atoms with Gasteiger partial charge in [-0.3, -0.25) is 4.79 Å². The predicted octanol–water partition coefficient (Wildman–Crippen LogP) is 1.38. The summed E-state index contributed by atoms with van der Waals surface area (Å²) in [7, 11) is 0. The molecule has 0 aromatic heterocycles. The molecule has 0 aliphatic carbocycles. The number of amides is 1. The number of phenolic OH excluding ortho intramolecular Hbond substituents is 1. The number of aryl methyl sites for hydroxylation is 1. The van der Waals surface area contributed by atoms with E-state index >= 15 is 0 Å². The Bertz CT molecular complexity index is 456. The lowest BCUT2D eigenvalue weighted by atomic mass is 10.1. The summed E-state index contributed by atoms with van der Waals surface area (Å²) in [6.45, 7) is 5.52. The summed E-state index contributed by atoms with van der Waals surface area (Å²) in [6.07, 6.45) is -0.891. The van der Waals surface area contributed by atoms with E-state index in [-0.39, 0.29) is 17.2 Å². The van der Waals surface area contributed by atoms with E-state index in [1.807, 2.05) is 0 Å². The van der Waals surface area contributed by atoms with Gasteiger partial charge in [-0.05, 0) is 32.9 Å². The molecule has 1 atom stereocenters. The van der Waals surface area contributed by atoms with Crippen LogP contribution in [0.5, 0.6) is 5.75 Å². The normalized spacial score (nSPS) is 11.7. The molecule has 0 aliphatic rings. The van der Waals surface area contributed by atoms with E-state index < -0.39 is 12.1 Å². The summed E-state index contributed by atoms with van der Waals surface area (Å²) in [5.41, 5.74) is 0.886. The number of rotatable bonds is 4. The molecule has 0 saturated heterocycles. The number of carbonyl (C=O) groups excluding carboxylic acids is 2. The fraction of sp³-hybridized carbons (Fsp3) is 0.385. The third kappa shape index (κ3) is 3.48. The molecule has 2 N–H and O–H groups in total. The lowest BCUT2D eigenvalue weighted by Crippen LogP contribution is -2.35. The Kier molecular flexibility index (Phi) is 4.71. The second-order valence-corrected chi connectivity index (χ2v) is 3.96. The second-order valence-electron chi connectivity index (χ2n) is 3.96. The zero-order valence-electron chi connectivity index (χ0n) is 10.7. The van der Waals surface area contributed by atoms with E-state index in [0.29, 0.717) is 6.54 Å². The summed E-state index contributed by atoms with van der Waals surface area (Å²) in [6, 6.07) is 4.62. The van der Waals surface area contributed by atoms with Crippen LogP contribution in [0.25, 0.3) is 0 Å². The average molecular weight is 251 g/mol. The summed E-state index contributed by atoms with van der Waals surface area (Å²) in [4.78, 5) is 23.2. The zero-order chi connectivity index (χ0) is 13.7. The molecular weight excluding hydrogens is 234 g/mol. The first-order chi connectivity index (χ1) is 8.45. The van der Waals surface area contributed by atoms with Crippen LogP contribution in [-0.2, 0) is 9.53 Å². The number of benzene rings is 1. The zero-order valence-corrected chi connectivity index (χ0v) is 10.7. The van der Waals surface area contributed by atoms with Crippen LogP contribution < -0.4 is 5.32 Å². The van der Waals surface area contributed by atoms with Gasteiger partial charge in [0.1, 0.15) is 11.3 Å². The van der Waals surface area contributed by atoms with Gasteiger partial charge in [0.15, 0.2) is 6.10 Å². The standard InChI is InChI=1S/C13H17NO4/c1-4-14-12(16)9(3)18-13(17)10-7-8(2)5-6-11(10)15/h5-7,9,15H,4H2,1-3H3,(H,14,16)/t9-/m1/s1. The van der Waals surface area contributed by atoms with E-state index in [4.69, 9.17) is 4.74 Å². The van der Waals surface area contributed by atoms with E-state index in [9.17, 15) is 14.7 Å². The molecule has 0 spiro atoms. The van der Waals surface area contributed by atoms with Gasteiger partial charge in [0, 0.05) is 6.54 Å². The number of likely N-dealkylation sites (N-methyl/N-ethyl adjacent to an activating group) is 1. The van der Waals surface area contributed by atoms with Crippen LogP contribution in [0.15, 0.2) is 18.2 Å². The summed E-state index contributed by atoms with van der Waals surface area (Å²) < 4.78 is 4.98. The maximum atomic E-state index is 11.8. The highest BCUT2D eigenvalue weighted by molar-refractivity contribution is 5.94. The van der Waals surface area contributed by atoms with Crippen LogP contribution in [0.1, 0.15) is 29.8 Å².